The van der Waals surface area contributed by atoms with Gasteiger partial charge >= 0.3 is 11.6 Å². The van der Waals surface area contributed by atoms with E-state index in [1.165, 1.54) is 0 Å². The molecule has 1 saturated heterocycles. The molecule has 344 valence electrons. The van der Waals surface area contributed by atoms with Crippen LogP contribution in [0, 0.1) is 23.7 Å². The van der Waals surface area contributed by atoms with Crippen LogP contribution in [0.15, 0.2) is 73.8 Å². The number of nitrogens with two attached hydrogens (primary N) is 1. The van der Waals surface area contributed by atoms with Crippen molar-refractivity contribution in [1.29, 1.82) is 0 Å². The Bertz CT molecular complexity index is 2400. The van der Waals surface area contributed by atoms with Crippen molar-refractivity contribution in [3.8, 4) is 5.75 Å². The lowest BCUT2D eigenvalue weighted by Gasteiger charge is -2.58. The van der Waals surface area contributed by atoms with E-state index in [1.54, 1.807) is 47.6 Å². The molecule has 1 spiro atoms. The number of aliphatic hydroxyl groups excluding tert-OH is 2. The van der Waals surface area contributed by atoms with Crippen LogP contribution in [0.3, 0.4) is 0 Å². The molecule has 13 nitrogen and oxygen atoms in total. The van der Waals surface area contributed by atoms with Crippen LogP contribution in [0.25, 0.3) is 11.0 Å². The highest BCUT2D eigenvalue weighted by molar-refractivity contribution is 8.77. The average Bonchev–Trinajstić information content (AvgIpc) is 3.91. The molecule has 6 N–H and O–H groups in total. The Labute approximate surface area is 382 Å². The lowest BCUT2D eigenvalue weighted by Crippen LogP contribution is -2.71. The van der Waals surface area contributed by atoms with Gasteiger partial charge < -0.3 is 50.2 Å². The van der Waals surface area contributed by atoms with Gasteiger partial charge in [-0.2, -0.15) is 0 Å². The molecule has 7 aliphatic rings. The van der Waals surface area contributed by atoms with E-state index in [1.807, 2.05) is 37.1 Å². The number of dihydropyridines is 1. The van der Waals surface area contributed by atoms with E-state index in [-0.39, 0.29) is 60.6 Å². The van der Waals surface area contributed by atoms with Crippen molar-refractivity contribution >= 4 is 50.7 Å². The summed E-state index contributed by atoms with van der Waals surface area (Å²) in [6, 6.07) is 5.79. The number of rotatable bonds is 10. The van der Waals surface area contributed by atoms with Crippen LogP contribution in [-0.2, 0) is 31.0 Å². The molecule has 0 radical (unpaired) electrons. The van der Waals surface area contributed by atoms with Crippen LogP contribution in [0.2, 0.25) is 0 Å². The monoisotopic (exact) mass is 914 g/mol. The van der Waals surface area contributed by atoms with E-state index in [0.29, 0.717) is 79.2 Å². The van der Waals surface area contributed by atoms with E-state index in [0.717, 1.165) is 59.6 Å². The number of ether oxygens (including phenoxy) is 2. The Morgan fingerprint density at radius 2 is 2.00 bits per heavy atom. The van der Waals surface area contributed by atoms with Crippen molar-refractivity contribution in [3.05, 3.63) is 86.1 Å². The van der Waals surface area contributed by atoms with Gasteiger partial charge in [0.15, 0.2) is 11.2 Å². The molecule has 3 fully saturated rings. The summed E-state index contributed by atoms with van der Waals surface area (Å²) in [5.74, 6) is 0.497. The van der Waals surface area contributed by atoms with Crippen molar-refractivity contribution in [1.82, 2.24) is 15.5 Å². The molecule has 5 heterocycles. The summed E-state index contributed by atoms with van der Waals surface area (Å²) in [5, 5.41) is 27.9. The molecular formula is C49H62N4O9S2. The first-order valence-electron chi connectivity index (χ1n) is 23.0. The highest BCUT2D eigenvalue weighted by Crippen LogP contribution is 2.58. The zero-order valence-corrected chi connectivity index (χ0v) is 38.9. The molecule has 0 unspecified atom stereocenters. The third-order valence-electron chi connectivity index (χ3n) is 16.1. The van der Waals surface area contributed by atoms with Gasteiger partial charge in [-0.1, -0.05) is 52.2 Å². The molecule has 1 aromatic carbocycles. The molecule has 9 rings (SSSR count). The summed E-state index contributed by atoms with van der Waals surface area (Å²) in [6.45, 7) is 6.34. The summed E-state index contributed by atoms with van der Waals surface area (Å²) in [4.78, 5) is 57.1. The predicted molar refractivity (Wildman–Crippen MR) is 248 cm³/mol. The van der Waals surface area contributed by atoms with E-state index in [2.05, 4.69) is 16.7 Å². The second-order valence-corrected chi connectivity index (χ2v) is 22.0. The highest BCUT2D eigenvalue weighted by atomic mass is 33.1. The Morgan fingerprint density at radius 1 is 1.20 bits per heavy atom. The lowest BCUT2D eigenvalue weighted by atomic mass is 9.61. The zero-order valence-electron chi connectivity index (χ0n) is 37.3. The molecule has 3 aliphatic carbocycles. The normalized spacial score (nSPS) is 32.6. The van der Waals surface area contributed by atoms with Crippen LogP contribution in [0.1, 0.15) is 89.7 Å². The molecular weight excluding hydrogens is 853 g/mol. The van der Waals surface area contributed by atoms with Gasteiger partial charge in [-0.15, -0.1) is 0 Å². The van der Waals surface area contributed by atoms with E-state index in [9.17, 15) is 29.4 Å². The number of nitrogens with zero attached hydrogens (tertiary/aromatic N) is 1. The van der Waals surface area contributed by atoms with Crippen molar-refractivity contribution in [3.63, 3.8) is 0 Å². The van der Waals surface area contributed by atoms with E-state index >= 15 is 0 Å². The van der Waals surface area contributed by atoms with Gasteiger partial charge in [-0.25, -0.2) is 9.59 Å². The number of aliphatic hydroxyl groups is 2. The fourth-order valence-corrected chi connectivity index (χ4v) is 15.7. The summed E-state index contributed by atoms with van der Waals surface area (Å²) in [5.41, 5.74) is 8.27. The van der Waals surface area contributed by atoms with Crippen LogP contribution in [-0.4, -0.2) is 101 Å². The highest BCUT2D eigenvalue weighted by Gasteiger charge is 2.64. The Balaban J connectivity index is 1.17. The topological polar surface area (TPSA) is 194 Å². The van der Waals surface area contributed by atoms with Crippen molar-refractivity contribution in [2.45, 2.75) is 119 Å². The maximum Gasteiger partial charge on any atom is 0.340 e. The van der Waals surface area contributed by atoms with Gasteiger partial charge in [0.2, 0.25) is 5.91 Å². The van der Waals surface area contributed by atoms with Gasteiger partial charge in [-0.3, -0.25) is 4.79 Å². The number of allylic oxidation sites excluding steroid dienone is 2. The largest absolute Gasteiger partial charge is 0.481 e. The maximum absolute atomic E-state index is 14.6. The predicted octanol–water partition coefficient (Wildman–Crippen LogP) is 5.36. The molecule has 1 aromatic heterocycles. The van der Waals surface area contributed by atoms with Crippen LogP contribution in [0.5, 0.6) is 5.75 Å². The quantitative estimate of drug-likeness (QED) is 0.0511. The number of nitrogens with one attached hydrogen (secondary N) is 2. The average molecular weight is 915 g/mol. The summed E-state index contributed by atoms with van der Waals surface area (Å²) in [7, 11) is 5.39. The van der Waals surface area contributed by atoms with Gasteiger partial charge in [0.1, 0.15) is 17.6 Å². The number of carbonyl (C=O) groups excluding carboxylic acids is 3. The molecule has 9 atom stereocenters. The number of esters is 1. The fourth-order valence-electron chi connectivity index (χ4n) is 12.6. The van der Waals surface area contributed by atoms with Gasteiger partial charge in [0.25, 0.3) is 0 Å². The summed E-state index contributed by atoms with van der Waals surface area (Å²) in [6.07, 6.45) is 12.9. The minimum atomic E-state index is -1.23. The van der Waals surface area contributed by atoms with Gasteiger partial charge in [0.05, 0.1) is 24.2 Å². The van der Waals surface area contributed by atoms with Crippen LogP contribution < -0.4 is 26.7 Å². The third kappa shape index (κ3) is 7.36. The standard InChI is InChI=1S/C49H62N4O9S2/c1-5-27(2)45(58)62-47(3)13-10-28-26-63-64-39-17-32(24-55)43(51-4)35-23-53(44(35)39)41(57)18-31-22-52-40(50)19-34(31)42(28)49(47)21-30-15-29-16-36(46(59)60-37(29)20-38(30)61-49)48(11-6-7-12-48)33(25-56)9-8-14-54/h5,10,15-16,19-20,24,32-33,35,39,42-44,51-52,54,56H,6-9,11-14,17-18,21-23,25-26,50H2,1-4H3/b27-5+/t32-,33+,35+,39+,42-,43+,44+,47-,49-/m1/s1. The molecule has 1 amide bonds. The third-order valence-corrected chi connectivity index (χ3v) is 18.9. The Kier molecular flexibility index (Phi) is 12.5. The number of amides is 1. The first-order chi connectivity index (χ1) is 30.8. The number of aldehydes is 1. The number of hydrogen-bond acceptors (Lipinski definition) is 14. The van der Waals surface area contributed by atoms with Crippen molar-refractivity contribution in [2.75, 3.05) is 39.1 Å². The lowest BCUT2D eigenvalue weighted by molar-refractivity contribution is -0.186. The van der Waals surface area contributed by atoms with E-state index in [4.69, 9.17) is 19.6 Å². The van der Waals surface area contributed by atoms with Crippen molar-refractivity contribution in [2.24, 2.45) is 29.4 Å². The molecule has 15 heteroatoms. The number of hydrogen-bond donors (Lipinski definition) is 5. The van der Waals surface area contributed by atoms with Crippen LogP contribution in [0.4, 0.5) is 0 Å². The number of fused-ring (bicyclic) bond motifs is 5. The minimum absolute atomic E-state index is 0.0113. The smallest absolute Gasteiger partial charge is 0.340 e. The molecule has 0 bridgehead atoms. The Morgan fingerprint density at radius 3 is 2.72 bits per heavy atom. The van der Waals surface area contributed by atoms with Gasteiger partial charge in [-0.05, 0) is 101 Å². The second kappa shape index (κ2) is 17.7. The van der Waals surface area contributed by atoms with Crippen molar-refractivity contribution < 1.29 is 38.5 Å². The molecule has 2 saturated carbocycles. The van der Waals surface area contributed by atoms with E-state index < -0.39 is 34.1 Å². The maximum atomic E-state index is 14.6. The first-order valence-corrected chi connectivity index (χ1v) is 25.4. The van der Waals surface area contributed by atoms with Crippen LogP contribution >= 0.6 is 21.6 Å². The molecule has 64 heavy (non-hydrogen) atoms. The molecule has 4 aliphatic heterocycles. The SMILES string of the molecule is C/C=C(\C)C(=O)O[C@]1(C)CC=C2CSS[C@H]3C[C@H](C=O)[C@H](NC)[C@@H]4CN(C(=O)CC5=C(C=C(N)NC5)[C@@H]2[C@]12Cc1cc5cc(C6([C@H](CO)CCCO)CCCC6)c(=O)oc5cc1O2)[C@@H]43. The fraction of sp³-hybridized carbons (Fsp3) is 0.592. The Hall–Kier alpha value is -4.02. The zero-order chi connectivity index (χ0) is 45.1. The number of carbonyl (C=O) groups is 3. The van der Waals surface area contributed by atoms with Gasteiger partial charge in [0, 0.05) is 96.0 Å². The molecule has 2 aromatic rings. The number of benzene rings is 1. The summed E-state index contributed by atoms with van der Waals surface area (Å²) >= 11 is 0. The summed E-state index contributed by atoms with van der Waals surface area (Å²) < 4.78 is 20.3. The second-order valence-electron chi connectivity index (χ2n) is 19.4. The first kappa shape index (κ1) is 45.1. The minimum Gasteiger partial charge on any atom is -0.481 e.